The summed E-state index contributed by atoms with van der Waals surface area (Å²) in [5, 5.41) is 4.42. The molecule has 2 heteroatoms. The fraction of sp³-hybridized carbons (Fsp3) is 0.357. The molecule has 0 aliphatic rings. The summed E-state index contributed by atoms with van der Waals surface area (Å²) in [7, 11) is 0. The molecular formula is C14H18N2. The SMILES string of the molecule is Cc1ccn(-c2cccc(C(C)(C)C)c2)n1. The molecule has 0 N–H and O–H groups in total. The van der Waals surface area contributed by atoms with Gasteiger partial charge in [-0.1, -0.05) is 32.9 Å². The monoisotopic (exact) mass is 214 g/mol. The zero-order chi connectivity index (χ0) is 11.8. The van der Waals surface area contributed by atoms with Crippen molar-refractivity contribution < 1.29 is 0 Å². The van der Waals surface area contributed by atoms with Gasteiger partial charge in [0.2, 0.25) is 0 Å². The minimum atomic E-state index is 0.179. The lowest BCUT2D eigenvalue weighted by molar-refractivity contribution is 0.589. The van der Waals surface area contributed by atoms with Crippen LogP contribution in [0.25, 0.3) is 5.69 Å². The highest BCUT2D eigenvalue weighted by atomic mass is 15.3. The van der Waals surface area contributed by atoms with Crippen molar-refractivity contribution in [2.75, 3.05) is 0 Å². The standard InChI is InChI=1S/C14H18N2/c1-11-8-9-16(15-11)13-7-5-6-12(10-13)14(2,3)4/h5-10H,1-4H3. The molecule has 2 nitrogen and oxygen atoms in total. The number of benzene rings is 1. The number of aromatic nitrogens is 2. The van der Waals surface area contributed by atoms with Gasteiger partial charge in [-0.2, -0.15) is 5.10 Å². The van der Waals surface area contributed by atoms with E-state index in [0.717, 1.165) is 11.4 Å². The molecule has 0 unspecified atom stereocenters. The molecule has 0 radical (unpaired) electrons. The van der Waals surface area contributed by atoms with Crippen LogP contribution in [0.1, 0.15) is 32.0 Å². The van der Waals surface area contributed by atoms with E-state index in [1.165, 1.54) is 5.56 Å². The summed E-state index contributed by atoms with van der Waals surface area (Å²) in [6.45, 7) is 8.67. The van der Waals surface area contributed by atoms with Crippen LogP contribution >= 0.6 is 0 Å². The molecule has 0 saturated carbocycles. The van der Waals surface area contributed by atoms with Gasteiger partial charge in [0.25, 0.3) is 0 Å². The normalized spacial score (nSPS) is 11.8. The lowest BCUT2D eigenvalue weighted by atomic mass is 9.87. The zero-order valence-electron chi connectivity index (χ0n) is 10.4. The number of nitrogens with zero attached hydrogens (tertiary/aromatic N) is 2. The molecule has 0 fully saturated rings. The smallest absolute Gasteiger partial charge is 0.0648 e. The molecule has 1 aromatic carbocycles. The zero-order valence-corrected chi connectivity index (χ0v) is 10.4. The molecule has 2 rings (SSSR count). The van der Waals surface area contributed by atoms with Crippen molar-refractivity contribution in [1.82, 2.24) is 9.78 Å². The Balaban J connectivity index is 2.44. The predicted molar refractivity (Wildman–Crippen MR) is 67.0 cm³/mol. The molecule has 0 saturated heterocycles. The van der Waals surface area contributed by atoms with Crippen LogP contribution in [0.15, 0.2) is 36.5 Å². The van der Waals surface area contributed by atoms with Crippen LogP contribution in [-0.4, -0.2) is 9.78 Å². The molecule has 16 heavy (non-hydrogen) atoms. The molecular weight excluding hydrogens is 196 g/mol. The number of hydrogen-bond donors (Lipinski definition) is 0. The molecule has 0 spiro atoms. The highest BCUT2D eigenvalue weighted by Crippen LogP contribution is 2.23. The Morgan fingerprint density at radius 3 is 2.44 bits per heavy atom. The molecule has 1 aromatic heterocycles. The molecule has 0 aliphatic heterocycles. The Labute approximate surface area is 96.9 Å². The van der Waals surface area contributed by atoms with Gasteiger partial charge < -0.3 is 0 Å². The molecule has 1 heterocycles. The molecule has 84 valence electrons. The fourth-order valence-electron chi connectivity index (χ4n) is 1.67. The highest BCUT2D eigenvalue weighted by Gasteiger charge is 2.13. The summed E-state index contributed by atoms with van der Waals surface area (Å²) in [5.41, 5.74) is 3.68. The summed E-state index contributed by atoms with van der Waals surface area (Å²) in [6.07, 6.45) is 2.00. The van der Waals surface area contributed by atoms with E-state index in [1.807, 2.05) is 23.9 Å². The average molecular weight is 214 g/mol. The van der Waals surface area contributed by atoms with E-state index in [9.17, 15) is 0 Å². The number of rotatable bonds is 1. The van der Waals surface area contributed by atoms with Crippen molar-refractivity contribution in [2.24, 2.45) is 0 Å². The van der Waals surface area contributed by atoms with Gasteiger partial charge in [-0.25, -0.2) is 4.68 Å². The largest absolute Gasteiger partial charge is 0.241 e. The maximum absolute atomic E-state index is 4.42. The molecule has 0 atom stereocenters. The van der Waals surface area contributed by atoms with Crippen LogP contribution in [0.4, 0.5) is 0 Å². The van der Waals surface area contributed by atoms with E-state index >= 15 is 0 Å². The van der Waals surface area contributed by atoms with Crippen LogP contribution in [0.3, 0.4) is 0 Å². The first kappa shape index (κ1) is 10.9. The second-order valence-electron chi connectivity index (χ2n) is 5.20. The summed E-state index contributed by atoms with van der Waals surface area (Å²) in [6, 6.07) is 10.6. The molecule has 0 bridgehead atoms. The van der Waals surface area contributed by atoms with E-state index in [-0.39, 0.29) is 5.41 Å². The van der Waals surface area contributed by atoms with Crippen molar-refractivity contribution in [3.05, 3.63) is 47.8 Å². The van der Waals surface area contributed by atoms with E-state index in [2.05, 4.69) is 50.1 Å². The number of hydrogen-bond acceptors (Lipinski definition) is 1. The lowest BCUT2D eigenvalue weighted by Gasteiger charge is -2.19. The summed E-state index contributed by atoms with van der Waals surface area (Å²) in [4.78, 5) is 0. The first-order chi connectivity index (χ1) is 7.47. The van der Waals surface area contributed by atoms with Gasteiger partial charge >= 0.3 is 0 Å². The topological polar surface area (TPSA) is 17.8 Å². The summed E-state index contributed by atoms with van der Waals surface area (Å²) >= 11 is 0. The van der Waals surface area contributed by atoms with Crippen molar-refractivity contribution in [3.8, 4) is 5.69 Å². The van der Waals surface area contributed by atoms with E-state index in [1.54, 1.807) is 0 Å². The third-order valence-electron chi connectivity index (χ3n) is 2.70. The Hall–Kier alpha value is -1.57. The number of aryl methyl sites for hydroxylation is 1. The summed E-state index contributed by atoms with van der Waals surface area (Å²) in [5.74, 6) is 0. The van der Waals surface area contributed by atoms with Crippen LogP contribution in [-0.2, 0) is 5.41 Å². The molecule has 0 aliphatic carbocycles. The van der Waals surface area contributed by atoms with Gasteiger partial charge in [-0.05, 0) is 36.1 Å². The fourth-order valence-corrected chi connectivity index (χ4v) is 1.67. The molecule has 2 aromatic rings. The molecule has 0 amide bonds. The van der Waals surface area contributed by atoms with Crippen molar-refractivity contribution in [3.63, 3.8) is 0 Å². The second kappa shape index (κ2) is 3.78. The van der Waals surface area contributed by atoms with Crippen molar-refractivity contribution in [1.29, 1.82) is 0 Å². The van der Waals surface area contributed by atoms with Crippen LogP contribution in [0.5, 0.6) is 0 Å². The minimum absolute atomic E-state index is 0.179. The van der Waals surface area contributed by atoms with Gasteiger partial charge in [0, 0.05) is 6.20 Å². The first-order valence-electron chi connectivity index (χ1n) is 5.60. The van der Waals surface area contributed by atoms with Gasteiger partial charge in [-0.15, -0.1) is 0 Å². The van der Waals surface area contributed by atoms with Crippen LogP contribution < -0.4 is 0 Å². The van der Waals surface area contributed by atoms with Gasteiger partial charge in [0.05, 0.1) is 11.4 Å². The van der Waals surface area contributed by atoms with Crippen LogP contribution in [0.2, 0.25) is 0 Å². The first-order valence-corrected chi connectivity index (χ1v) is 5.60. The van der Waals surface area contributed by atoms with Gasteiger partial charge in [0.15, 0.2) is 0 Å². The predicted octanol–water partition coefficient (Wildman–Crippen LogP) is 3.48. The Bertz CT molecular complexity index is 489. The maximum atomic E-state index is 4.42. The van der Waals surface area contributed by atoms with Gasteiger partial charge in [-0.3, -0.25) is 0 Å². The third kappa shape index (κ3) is 2.16. The Kier molecular flexibility index (Phi) is 2.58. The van der Waals surface area contributed by atoms with Crippen LogP contribution in [0, 0.1) is 6.92 Å². The Morgan fingerprint density at radius 1 is 1.12 bits per heavy atom. The second-order valence-corrected chi connectivity index (χ2v) is 5.20. The van der Waals surface area contributed by atoms with E-state index in [0.29, 0.717) is 0 Å². The Morgan fingerprint density at radius 2 is 1.88 bits per heavy atom. The quantitative estimate of drug-likeness (QED) is 0.710. The minimum Gasteiger partial charge on any atom is -0.241 e. The lowest BCUT2D eigenvalue weighted by Crippen LogP contribution is -2.11. The van der Waals surface area contributed by atoms with Crippen molar-refractivity contribution >= 4 is 0 Å². The highest BCUT2D eigenvalue weighted by molar-refractivity contribution is 5.38. The maximum Gasteiger partial charge on any atom is 0.0648 e. The van der Waals surface area contributed by atoms with Crippen molar-refractivity contribution in [2.45, 2.75) is 33.1 Å². The third-order valence-corrected chi connectivity index (χ3v) is 2.70. The average Bonchev–Trinajstić information content (AvgIpc) is 2.64. The van der Waals surface area contributed by atoms with E-state index < -0.39 is 0 Å². The summed E-state index contributed by atoms with van der Waals surface area (Å²) < 4.78 is 1.92. The van der Waals surface area contributed by atoms with Gasteiger partial charge in [0.1, 0.15) is 0 Å². The van der Waals surface area contributed by atoms with E-state index in [4.69, 9.17) is 0 Å².